The van der Waals surface area contributed by atoms with E-state index in [-0.39, 0.29) is 6.04 Å². The molecule has 0 amide bonds. The van der Waals surface area contributed by atoms with Gasteiger partial charge in [-0.3, -0.25) is 4.98 Å². The Hall–Kier alpha value is -1.95. The number of nitrogens with one attached hydrogen (secondary N) is 2. The number of fused-ring (bicyclic) bond motifs is 1. The molecule has 21 heavy (non-hydrogen) atoms. The molecule has 2 N–H and O–H groups in total. The lowest BCUT2D eigenvalue weighted by atomic mass is 10.0. The summed E-state index contributed by atoms with van der Waals surface area (Å²) < 4.78 is 1.00. The molecule has 1 fully saturated rings. The van der Waals surface area contributed by atoms with Crippen LogP contribution >= 0.6 is 15.9 Å². The van der Waals surface area contributed by atoms with Gasteiger partial charge in [-0.1, -0.05) is 0 Å². The lowest BCUT2D eigenvalue weighted by Gasteiger charge is -2.19. The second kappa shape index (κ2) is 5.11. The molecule has 1 atom stereocenters. The third kappa shape index (κ3) is 2.51. The number of anilines is 1. The molecule has 0 saturated heterocycles. The maximum atomic E-state index is 4.40. The van der Waals surface area contributed by atoms with Gasteiger partial charge in [-0.25, -0.2) is 9.97 Å². The normalized spacial score (nSPS) is 16.0. The Morgan fingerprint density at radius 3 is 3.00 bits per heavy atom. The van der Waals surface area contributed by atoms with Gasteiger partial charge < -0.3 is 10.3 Å². The number of hydrogen-bond acceptors (Lipinski definition) is 4. The Labute approximate surface area is 130 Å². The molecule has 3 aromatic rings. The van der Waals surface area contributed by atoms with Crippen LogP contribution in [0.5, 0.6) is 0 Å². The van der Waals surface area contributed by atoms with Gasteiger partial charge >= 0.3 is 0 Å². The van der Waals surface area contributed by atoms with Crippen LogP contribution in [0.3, 0.4) is 0 Å². The predicted molar refractivity (Wildman–Crippen MR) is 84.9 cm³/mol. The number of halogens is 1. The van der Waals surface area contributed by atoms with Gasteiger partial charge in [-0.15, -0.1) is 0 Å². The highest BCUT2D eigenvalue weighted by atomic mass is 79.9. The fourth-order valence-electron chi connectivity index (χ4n) is 2.64. The summed E-state index contributed by atoms with van der Waals surface area (Å²) in [5.41, 5.74) is 2.04. The second-order valence-corrected chi connectivity index (χ2v) is 6.27. The van der Waals surface area contributed by atoms with Crippen LogP contribution in [0.4, 0.5) is 5.82 Å². The summed E-state index contributed by atoms with van der Waals surface area (Å²) in [4.78, 5) is 16.0. The van der Waals surface area contributed by atoms with Crippen molar-refractivity contribution in [1.82, 2.24) is 19.9 Å². The average Bonchev–Trinajstić information content (AvgIpc) is 3.21. The molecule has 0 aromatic carbocycles. The molecule has 0 spiro atoms. The van der Waals surface area contributed by atoms with E-state index in [2.05, 4.69) is 47.2 Å². The maximum Gasteiger partial charge on any atom is 0.142 e. The van der Waals surface area contributed by atoms with Crippen LogP contribution in [0.15, 0.2) is 41.5 Å². The van der Waals surface area contributed by atoms with E-state index in [1.54, 1.807) is 6.33 Å². The van der Waals surface area contributed by atoms with Gasteiger partial charge in [0.25, 0.3) is 0 Å². The van der Waals surface area contributed by atoms with Crippen molar-refractivity contribution in [1.29, 1.82) is 0 Å². The van der Waals surface area contributed by atoms with E-state index >= 15 is 0 Å². The van der Waals surface area contributed by atoms with Crippen LogP contribution in [0.25, 0.3) is 11.0 Å². The van der Waals surface area contributed by atoms with Crippen molar-refractivity contribution < 1.29 is 0 Å². The summed E-state index contributed by atoms with van der Waals surface area (Å²) in [5, 5.41) is 4.60. The highest BCUT2D eigenvalue weighted by Gasteiger charge is 2.33. The first-order valence-electron chi connectivity index (χ1n) is 6.96. The molecule has 106 valence electrons. The minimum atomic E-state index is 0.239. The second-order valence-electron chi connectivity index (χ2n) is 5.36. The largest absolute Gasteiger partial charge is 0.362 e. The Morgan fingerprint density at radius 1 is 1.29 bits per heavy atom. The van der Waals surface area contributed by atoms with Gasteiger partial charge in [0, 0.05) is 23.1 Å². The summed E-state index contributed by atoms with van der Waals surface area (Å²) >= 11 is 3.50. The molecule has 3 aromatic heterocycles. The summed E-state index contributed by atoms with van der Waals surface area (Å²) in [6.07, 6.45) is 9.69. The molecule has 4 rings (SSSR count). The predicted octanol–water partition coefficient (Wildman–Crippen LogP) is 3.68. The van der Waals surface area contributed by atoms with E-state index in [9.17, 15) is 0 Å². The molecule has 1 unspecified atom stereocenters. The van der Waals surface area contributed by atoms with Crippen molar-refractivity contribution in [2.75, 3.05) is 5.32 Å². The van der Waals surface area contributed by atoms with Gasteiger partial charge in [0.1, 0.15) is 17.8 Å². The fourth-order valence-corrected chi connectivity index (χ4v) is 3.02. The Kier molecular flexibility index (Phi) is 3.11. The Morgan fingerprint density at radius 2 is 2.19 bits per heavy atom. The summed E-state index contributed by atoms with van der Waals surface area (Å²) in [6, 6.07) is 4.36. The highest BCUT2D eigenvalue weighted by molar-refractivity contribution is 9.10. The Balaban J connectivity index is 1.71. The fraction of sp³-hybridized carbons (Fsp3) is 0.267. The van der Waals surface area contributed by atoms with E-state index in [1.165, 1.54) is 18.4 Å². The van der Waals surface area contributed by atoms with Crippen molar-refractivity contribution in [3.8, 4) is 0 Å². The summed E-state index contributed by atoms with van der Waals surface area (Å²) in [6.45, 7) is 0. The minimum Gasteiger partial charge on any atom is -0.362 e. The van der Waals surface area contributed by atoms with Gasteiger partial charge in [0.15, 0.2) is 0 Å². The molecule has 1 aliphatic rings. The average molecular weight is 344 g/mol. The van der Waals surface area contributed by atoms with Crippen LogP contribution in [0, 0.1) is 5.92 Å². The van der Waals surface area contributed by atoms with Crippen molar-refractivity contribution in [3.05, 3.63) is 47.1 Å². The van der Waals surface area contributed by atoms with Crippen molar-refractivity contribution in [2.45, 2.75) is 18.9 Å². The smallest absolute Gasteiger partial charge is 0.142 e. The molecule has 6 heteroatoms. The summed E-state index contributed by atoms with van der Waals surface area (Å²) in [7, 11) is 0. The van der Waals surface area contributed by atoms with Crippen LogP contribution in [0.2, 0.25) is 0 Å². The lowest BCUT2D eigenvalue weighted by Crippen LogP contribution is -2.14. The van der Waals surface area contributed by atoms with E-state index in [0.717, 1.165) is 21.3 Å². The van der Waals surface area contributed by atoms with Gasteiger partial charge in [-0.2, -0.15) is 0 Å². The zero-order valence-corrected chi connectivity index (χ0v) is 12.8. The number of hydrogen-bond donors (Lipinski definition) is 2. The van der Waals surface area contributed by atoms with Crippen molar-refractivity contribution >= 4 is 32.8 Å². The lowest BCUT2D eigenvalue weighted by molar-refractivity contribution is 0.673. The number of pyridine rings is 1. The molecule has 0 aliphatic heterocycles. The molecule has 0 bridgehead atoms. The zero-order valence-electron chi connectivity index (χ0n) is 11.3. The van der Waals surface area contributed by atoms with E-state index in [1.807, 2.05) is 24.7 Å². The molecular formula is C15H14BrN5. The first-order chi connectivity index (χ1) is 10.3. The van der Waals surface area contributed by atoms with E-state index < -0.39 is 0 Å². The third-order valence-electron chi connectivity index (χ3n) is 3.82. The number of aromatic nitrogens is 4. The standard InChI is InChI=1S/C15H14BrN5/c16-11-5-10(6-17-7-11)13(9-1-2-9)21-15-12-3-4-18-14(12)19-8-20-15/h3-9,13H,1-2H2,(H2,18,19,20,21). The van der Waals surface area contributed by atoms with Crippen LogP contribution in [-0.4, -0.2) is 19.9 Å². The Bertz CT molecular complexity index is 780. The van der Waals surface area contributed by atoms with Crippen LogP contribution < -0.4 is 5.32 Å². The van der Waals surface area contributed by atoms with Gasteiger partial charge in [-0.05, 0) is 52.4 Å². The van der Waals surface area contributed by atoms with Gasteiger partial charge in [0.05, 0.1) is 11.4 Å². The van der Waals surface area contributed by atoms with Crippen molar-refractivity contribution in [3.63, 3.8) is 0 Å². The number of H-pyrrole nitrogens is 1. The molecule has 3 heterocycles. The van der Waals surface area contributed by atoms with Crippen LogP contribution in [0.1, 0.15) is 24.4 Å². The number of rotatable bonds is 4. The molecule has 5 nitrogen and oxygen atoms in total. The SMILES string of the molecule is Brc1cncc(C(Nc2ncnc3[nH]ccc23)C2CC2)c1. The van der Waals surface area contributed by atoms with E-state index in [0.29, 0.717) is 5.92 Å². The quantitative estimate of drug-likeness (QED) is 0.758. The molecule has 1 saturated carbocycles. The molecule has 1 aliphatic carbocycles. The molecular weight excluding hydrogens is 330 g/mol. The zero-order chi connectivity index (χ0) is 14.2. The topological polar surface area (TPSA) is 66.5 Å². The van der Waals surface area contributed by atoms with Gasteiger partial charge in [0.2, 0.25) is 0 Å². The number of aromatic amines is 1. The molecule has 0 radical (unpaired) electrons. The first kappa shape index (κ1) is 12.8. The van der Waals surface area contributed by atoms with Crippen molar-refractivity contribution in [2.24, 2.45) is 5.92 Å². The number of nitrogens with zero attached hydrogens (tertiary/aromatic N) is 3. The first-order valence-corrected chi connectivity index (χ1v) is 7.75. The maximum absolute atomic E-state index is 4.40. The van der Waals surface area contributed by atoms with E-state index in [4.69, 9.17) is 0 Å². The minimum absolute atomic E-state index is 0.239. The highest BCUT2D eigenvalue weighted by Crippen LogP contribution is 2.43. The monoisotopic (exact) mass is 343 g/mol. The third-order valence-corrected chi connectivity index (χ3v) is 4.26. The summed E-state index contributed by atoms with van der Waals surface area (Å²) in [5.74, 6) is 1.52. The van der Waals surface area contributed by atoms with Crippen LogP contribution in [-0.2, 0) is 0 Å².